The summed E-state index contributed by atoms with van der Waals surface area (Å²) in [6.07, 6.45) is 1.70. The van der Waals surface area contributed by atoms with Crippen molar-refractivity contribution in [3.63, 3.8) is 0 Å². The van der Waals surface area contributed by atoms with Crippen LogP contribution in [-0.2, 0) is 6.42 Å². The molecule has 3 N–H and O–H groups in total. The SMILES string of the molecule is CCN(C(=O)c1ccccc1)C1CCc2cc(C(=O)Nc3ccccc3N)ccc21. The Morgan fingerprint density at radius 3 is 2.47 bits per heavy atom. The Labute approximate surface area is 176 Å². The highest BCUT2D eigenvalue weighted by Gasteiger charge is 2.31. The largest absolute Gasteiger partial charge is 0.397 e. The molecular formula is C25H25N3O2. The van der Waals surface area contributed by atoms with Gasteiger partial charge in [0.25, 0.3) is 11.8 Å². The number of aryl methyl sites for hydroxylation is 1. The topological polar surface area (TPSA) is 75.4 Å². The molecule has 1 atom stereocenters. The minimum absolute atomic E-state index is 0.0274. The molecule has 3 aromatic carbocycles. The highest BCUT2D eigenvalue weighted by Crippen LogP contribution is 2.37. The zero-order valence-electron chi connectivity index (χ0n) is 17.0. The van der Waals surface area contributed by atoms with Crippen LogP contribution in [0.25, 0.3) is 0 Å². The van der Waals surface area contributed by atoms with Gasteiger partial charge >= 0.3 is 0 Å². The Balaban J connectivity index is 1.55. The molecule has 1 aliphatic carbocycles. The Bertz CT molecular complexity index is 1080. The van der Waals surface area contributed by atoms with Gasteiger partial charge in [-0.3, -0.25) is 9.59 Å². The van der Waals surface area contributed by atoms with Crippen LogP contribution >= 0.6 is 0 Å². The number of hydrogen-bond acceptors (Lipinski definition) is 3. The number of carbonyl (C=O) groups is 2. The van der Waals surface area contributed by atoms with Crippen molar-refractivity contribution in [3.05, 3.63) is 95.1 Å². The summed E-state index contributed by atoms with van der Waals surface area (Å²) in [6.45, 7) is 2.64. The summed E-state index contributed by atoms with van der Waals surface area (Å²) >= 11 is 0. The van der Waals surface area contributed by atoms with Gasteiger partial charge < -0.3 is 16.0 Å². The number of fused-ring (bicyclic) bond motifs is 1. The first kappa shape index (κ1) is 19.7. The molecule has 3 aromatic rings. The molecule has 5 heteroatoms. The summed E-state index contributed by atoms with van der Waals surface area (Å²) in [5, 5.41) is 2.87. The standard InChI is InChI=1S/C25H25N3O2/c1-2-28(25(30)17-8-4-3-5-9-17)23-15-13-18-16-19(12-14-20(18)23)24(29)27-22-11-7-6-10-21(22)26/h3-12,14,16,23H,2,13,15,26H2,1H3,(H,27,29). The molecule has 5 nitrogen and oxygen atoms in total. The Hall–Kier alpha value is -3.60. The van der Waals surface area contributed by atoms with E-state index in [-0.39, 0.29) is 17.9 Å². The van der Waals surface area contributed by atoms with Gasteiger partial charge in [-0.05, 0) is 67.3 Å². The van der Waals surface area contributed by atoms with E-state index in [0.29, 0.717) is 29.0 Å². The molecule has 1 aliphatic rings. The van der Waals surface area contributed by atoms with Crippen molar-refractivity contribution in [2.45, 2.75) is 25.8 Å². The normalized spacial score (nSPS) is 14.8. The molecule has 0 aromatic heterocycles. The molecule has 0 spiro atoms. The molecule has 0 saturated carbocycles. The average Bonchev–Trinajstić information content (AvgIpc) is 3.19. The molecule has 0 heterocycles. The van der Waals surface area contributed by atoms with Crippen molar-refractivity contribution in [1.82, 2.24) is 4.90 Å². The smallest absolute Gasteiger partial charge is 0.255 e. The van der Waals surface area contributed by atoms with Crippen LogP contribution in [0.5, 0.6) is 0 Å². The third kappa shape index (κ3) is 3.79. The summed E-state index contributed by atoms with van der Waals surface area (Å²) in [5.41, 5.74) is 10.6. The lowest BCUT2D eigenvalue weighted by atomic mass is 10.0. The Morgan fingerprint density at radius 2 is 1.73 bits per heavy atom. The van der Waals surface area contributed by atoms with Crippen LogP contribution in [0, 0.1) is 0 Å². The van der Waals surface area contributed by atoms with Crippen LogP contribution in [0.1, 0.15) is 51.2 Å². The maximum absolute atomic E-state index is 13.0. The molecule has 0 bridgehead atoms. The fourth-order valence-corrected chi connectivity index (χ4v) is 4.12. The quantitative estimate of drug-likeness (QED) is 0.612. The zero-order chi connectivity index (χ0) is 21.1. The molecule has 4 rings (SSSR count). The van der Waals surface area contributed by atoms with Gasteiger partial charge in [-0.15, -0.1) is 0 Å². The van der Waals surface area contributed by atoms with E-state index in [9.17, 15) is 9.59 Å². The maximum atomic E-state index is 13.0. The molecule has 152 valence electrons. The molecule has 0 fully saturated rings. The third-order valence-corrected chi connectivity index (χ3v) is 5.66. The summed E-state index contributed by atoms with van der Waals surface area (Å²) in [7, 11) is 0. The van der Waals surface area contributed by atoms with Crippen molar-refractivity contribution in [2.24, 2.45) is 0 Å². The molecule has 30 heavy (non-hydrogen) atoms. The van der Waals surface area contributed by atoms with Gasteiger partial charge in [0.1, 0.15) is 0 Å². The summed E-state index contributed by atoms with van der Waals surface area (Å²) < 4.78 is 0. The Kier molecular flexibility index (Phi) is 5.53. The van der Waals surface area contributed by atoms with E-state index in [0.717, 1.165) is 24.0 Å². The number of nitrogen functional groups attached to an aromatic ring is 1. The van der Waals surface area contributed by atoms with Crippen molar-refractivity contribution >= 4 is 23.2 Å². The van der Waals surface area contributed by atoms with Gasteiger partial charge in [-0.25, -0.2) is 0 Å². The van der Waals surface area contributed by atoms with Gasteiger partial charge in [0.2, 0.25) is 0 Å². The van der Waals surface area contributed by atoms with E-state index in [1.54, 1.807) is 12.1 Å². The first-order valence-electron chi connectivity index (χ1n) is 10.2. The fraction of sp³-hybridized carbons (Fsp3) is 0.200. The maximum Gasteiger partial charge on any atom is 0.255 e. The van der Waals surface area contributed by atoms with E-state index in [1.165, 1.54) is 0 Å². The number of hydrogen-bond donors (Lipinski definition) is 2. The van der Waals surface area contributed by atoms with Crippen molar-refractivity contribution < 1.29 is 9.59 Å². The van der Waals surface area contributed by atoms with Crippen LogP contribution in [0.4, 0.5) is 11.4 Å². The number of para-hydroxylation sites is 2. The number of carbonyl (C=O) groups excluding carboxylic acids is 2. The molecule has 0 saturated heterocycles. The molecule has 0 aliphatic heterocycles. The zero-order valence-corrected chi connectivity index (χ0v) is 17.0. The molecule has 0 radical (unpaired) electrons. The minimum atomic E-state index is -0.188. The summed E-state index contributed by atoms with van der Waals surface area (Å²) in [6, 6.07) is 22.4. The van der Waals surface area contributed by atoms with E-state index < -0.39 is 0 Å². The minimum Gasteiger partial charge on any atom is -0.397 e. The van der Waals surface area contributed by atoms with Crippen LogP contribution in [0.3, 0.4) is 0 Å². The predicted molar refractivity (Wildman–Crippen MR) is 119 cm³/mol. The second-order valence-electron chi connectivity index (χ2n) is 7.47. The third-order valence-electron chi connectivity index (χ3n) is 5.66. The number of anilines is 2. The number of nitrogens with two attached hydrogens (primary N) is 1. The van der Waals surface area contributed by atoms with Gasteiger partial charge in [-0.1, -0.05) is 36.4 Å². The Morgan fingerprint density at radius 1 is 1.00 bits per heavy atom. The average molecular weight is 399 g/mol. The highest BCUT2D eigenvalue weighted by atomic mass is 16.2. The lowest BCUT2D eigenvalue weighted by Crippen LogP contribution is -2.33. The van der Waals surface area contributed by atoms with Crippen LogP contribution < -0.4 is 11.1 Å². The number of nitrogens with zero attached hydrogens (tertiary/aromatic N) is 1. The predicted octanol–water partition coefficient (Wildman–Crippen LogP) is 4.67. The molecule has 1 unspecified atom stereocenters. The van der Waals surface area contributed by atoms with E-state index in [1.807, 2.05) is 72.5 Å². The number of benzene rings is 3. The summed E-state index contributed by atoms with van der Waals surface area (Å²) in [4.78, 5) is 27.7. The molecule has 2 amide bonds. The number of nitrogens with one attached hydrogen (secondary N) is 1. The van der Waals surface area contributed by atoms with Crippen molar-refractivity contribution in [3.8, 4) is 0 Å². The van der Waals surface area contributed by atoms with E-state index in [4.69, 9.17) is 5.73 Å². The van der Waals surface area contributed by atoms with Crippen LogP contribution in [0.15, 0.2) is 72.8 Å². The van der Waals surface area contributed by atoms with Crippen molar-refractivity contribution in [2.75, 3.05) is 17.6 Å². The second kappa shape index (κ2) is 8.41. The van der Waals surface area contributed by atoms with Crippen molar-refractivity contribution in [1.29, 1.82) is 0 Å². The first-order chi connectivity index (χ1) is 14.6. The highest BCUT2D eigenvalue weighted by molar-refractivity contribution is 6.06. The summed E-state index contributed by atoms with van der Waals surface area (Å²) in [5.74, 6) is -0.149. The van der Waals surface area contributed by atoms with Gasteiger partial charge in [0.15, 0.2) is 0 Å². The second-order valence-corrected chi connectivity index (χ2v) is 7.47. The van der Waals surface area contributed by atoms with Crippen LogP contribution in [-0.4, -0.2) is 23.3 Å². The lowest BCUT2D eigenvalue weighted by molar-refractivity contribution is 0.0688. The van der Waals surface area contributed by atoms with Gasteiger partial charge in [0.05, 0.1) is 17.4 Å². The first-order valence-corrected chi connectivity index (χ1v) is 10.2. The fourth-order valence-electron chi connectivity index (χ4n) is 4.12. The van der Waals surface area contributed by atoms with Gasteiger partial charge in [-0.2, -0.15) is 0 Å². The molecular weight excluding hydrogens is 374 g/mol. The number of amides is 2. The van der Waals surface area contributed by atoms with Crippen LogP contribution in [0.2, 0.25) is 0 Å². The van der Waals surface area contributed by atoms with E-state index >= 15 is 0 Å². The van der Waals surface area contributed by atoms with E-state index in [2.05, 4.69) is 5.32 Å². The number of rotatable bonds is 5. The monoisotopic (exact) mass is 399 g/mol. The van der Waals surface area contributed by atoms with Gasteiger partial charge in [0, 0.05) is 17.7 Å². The lowest BCUT2D eigenvalue weighted by Gasteiger charge is -2.29.